The Bertz CT molecular complexity index is 1640. The molecule has 0 spiro atoms. The number of thiazole rings is 1. The quantitative estimate of drug-likeness (QED) is 0.313. The SMILES string of the molecule is O=C(Nc1ccc(S(=O)(=O)Nc2nccs2)cc1)c1cnn2c(C(F)F)cc(-c3ccccc3)nc12. The van der Waals surface area contributed by atoms with Gasteiger partial charge in [-0.15, -0.1) is 11.3 Å². The number of nitrogens with zero attached hydrogens (tertiary/aromatic N) is 4. The maximum Gasteiger partial charge on any atom is 0.280 e. The highest BCUT2D eigenvalue weighted by atomic mass is 32.2. The van der Waals surface area contributed by atoms with Crippen LogP contribution in [0.1, 0.15) is 22.5 Å². The summed E-state index contributed by atoms with van der Waals surface area (Å²) in [4.78, 5) is 21.3. The number of benzene rings is 2. The Labute approximate surface area is 207 Å². The van der Waals surface area contributed by atoms with E-state index in [2.05, 4.69) is 25.1 Å². The topological polar surface area (TPSA) is 118 Å². The van der Waals surface area contributed by atoms with Crippen LogP contribution in [0.15, 0.2) is 83.3 Å². The molecule has 0 saturated carbocycles. The zero-order chi connectivity index (χ0) is 25.3. The lowest BCUT2D eigenvalue weighted by Crippen LogP contribution is -2.14. The van der Waals surface area contributed by atoms with Gasteiger partial charge in [0, 0.05) is 22.8 Å². The number of hydrogen-bond donors (Lipinski definition) is 2. The Kier molecular flexibility index (Phi) is 6.16. The van der Waals surface area contributed by atoms with E-state index >= 15 is 0 Å². The molecule has 0 aliphatic heterocycles. The standard InChI is InChI=1S/C23H16F2N6O3S2/c24-20(25)19-12-18(14-4-2-1-3-5-14)29-21-17(13-27-31(19)21)22(32)28-15-6-8-16(9-7-15)36(33,34)30-23-26-10-11-35-23/h1-13,20H,(H,26,30)(H,28,32). The summed E-state index contributed by atoms with van der Waals surface area (Å²) in [6, 6.07) is 15.4. The number of carbonyl (C=O) groups excluding carboxylic acids is 1. The number of amides is 1. The highest BCUT2D eigenvalue weighted by Crippen LogP contribution is 2.27. The van der Waals surface area contributed by atoms with Crippen molar-refractivity contribution in [2.45, 2.75) is 11.3 Å². The van der Waals surface area contributed by atoms with E-state index < -0.39 is 28.0 Å². The van der Waals surface area contributed by atoms with Crippen LogP contribution in [0.3, 0.4) is 0 Å². The number of sulfonamides is 1. The molecular formula is C23H16F2N6O3S2. The summed E-state index contributed by atoms with van der Waals surface area (Å²) in [5.74, 6) is -0.639. The van der Waals surface area contributed by atoms with Gasteiger partial charge in [0.05, 0.1) is 16.8 Å². The number of alkyl halides is 2. The number of rotatable bonds is 7. The van der Waals surface area contributed by atoms with Crippen LogP contribution in [0.25, 0.3) is 16.9 Å². The molecule has 13 heteroatoms. The van der Waals surface area contributed by atoms with Gasteiger partial charge in [0.2, 0.25) is 0 Å². The number of hydrogen-bond acceptors (Lipinski definition) is 7. The Balaban J connectivity index is 1.43. The van der Waals surface area contributed by atoms with Gasteiger partial charge in [-0.25, -0.2) is 31.7 Å². The predicted octanol–water partition coefficient (Wildman–Crippen LogP) is 4.84. The summed E-state index contributed by atoms with van der Waals surface area (Å²) in [7, 11) is -3.85. The lowest BCUT2D eigenvalue weighted by molar-refractivity contribution is 0.102. The van der Waals surface area contributed by atoms with Crippen molar-refractivity contribution in [1.29, 1.82) is 0 Å². The summed E-state index contributed by atoms with van der Waals surface area (Å²) in [5, 5.41) is 8.43. The van der Waals surface area contributed by atoms with E-state index in [-0.39, 0.29) is 26.9 Å². The summed E-state index contributed by atoms with van der Waals surface area (Å²) < 4.78 is 55.8. The summed E-state index contributed by atoms with van der Waals surface area (Å²) in [5.41, 5.74) is 0.724. The molecule has 0 unspecified atom stereocenters. The van der Waals surface area contributed by atoms with Crippen molar-refractivity contribution in [2.75, 3.05) is 10.0 Å². The molecule has 36 heavy (non-hydrogen) atoms. The molecule has 0 fully saturated rings. The van der Waals surface area contributed by atoms with E-state index in [1.807, 2.05) is 0 Å². The molecule has 0 radical (unpaired) electrons. The minimum atomic E-state index is -3.85. The van der Waals surface area contributed by atoms with Crippen molar-refractivity contribution in [3.05, 3.63) is 89.7 Å². The van der Waals surface area contributed by atoms with E-state index in [0.717, 1.165) is 22.0 Å². The van der Waals surface area contributed by atoms with Crippen molar-refractivity contribution >= 4 is 43.7 Å². The lowest BCUT2D eigenvalue weighted by atomic mass is 10.1. The monoisotopic (exact) mass is 526 g/mol. The van der Waals surface area contributed by atoms with Crippen LogP contribution < -0.4 is 10.0 Å². The minimum absolute atomic E-state index is 0.0168. The Morgan fingerprint density at radius 2 is 1.81 bits per heavy atom. The second-order valence-electron chi connectivity index (χ2n) is 7.45. The molecule has 5 aromatic rings. The van der Waals surface area contributed by atoms with Gasteiger partial charge >= 0.3 is 0 Å². The molecule has 3 aromatic heterocycles. The van der Waals surface area contributed by atoms with Crippen molar-refractivity contribution in [1.82, 2.24) is 19.6 Å². The van der Waals surface area contributed by atoms with E-state index in [0.29, 0.717) is 11.3 Å². The van der Waals surface area contributed by atoms with Crippen LogP contribution in [0.4, 0.5) is 19.6 Å². The fourth-order valence-electron chi connectivity index (χ4n) is 3.42. The first kappa shape index (κ1) is 23.5. The molecular weight excluding hydrogens is 510 g/mol. The van der Waals surface area contributed by atoms with E-state index in [1.54, 1.807) is 35.7 Å². The zero-order valence-electron chi connectivity index (χ0n) is 18.2. The van der Waals surface area contributed by atoms with Crippen molar-refractivity contribution in [2.24, 2.45) is 0 Å². The van der Waals surface area contributed by atoms with Crippen molar-refractivity contribution in [3.8, 4) is 11.3 Å². The van der Waals surface area contributed by atoms with Crippen LogP contribution in [0.5, 0.6) is 0 Å². The fraction of sp³-hybridized carbons (Fsp3) is 0.0435. The van der Waals surface area contributed by atoms with Gasteiger partial charge in [-0.1, -0.05) is 30.3 Å². The first-order chi connectivity index (χ1) is 17.3. The van der Waals surface area contributed by atoms with Gasteiger partial charge in [-0.05, 0) is 30.3 Å². The summed E-state index contributed by atoms with van der Waals surface area (Å²) >= 11 is 1.14. The second-order valence-corrected chi connectivity index (χ2v) is 10.0. The molecule has 5 rings (SSSR count). The molecule has 0 aliphatic carbocycles. The van der Waals surface area contributed by atoms with Crippen molar-refractivity contribution < 1.29 is 22.0 Å². The highest BCUT2D eigenvalue weighted by Gasteiger charge is 2.22. The number of carbonyl (C=O) groups is 1. The van der Waals surface area contributed by atoms with Crippen LogP contribution in [0.2, 0.25) is 0 Å². The summed E-state index contributed by atoms with van der Waals surface area (Å²) in [6.45, 7) is 0. The minimum Gasteiger partial charge on any atom is -0.322 e. The molecule has 0 saturated heterocycles. The van der Waals surface area contributed by atoms with Gasteiger partial charge in [-0.3, -0.25) is 9.52 Å². The lowest BCUT2D eigenvalue weighted by Gasteiger charge is -2.09. The first-order valence-corrected chi connectivity index (χ1v) is 12.7. The Hall–Kier alpha value is -4.23. The second kappa shape index (κ2) is 9.43. The van der Waals surface area contributed by atoms with Gasteiger partial charge in [0.1, 0.15) is 11.3 Å². The number of fused-ring (bicyclic) bond motifs is 1. The number of aromatic nitrogens is 4. The molecule has 0 atom stereocenters. The van der Waals surface area contributed by atoms with Crippen LogP contribution in [-0.4, -0.2) is 33.9 Å². The Morgan fingerprint density at radius 1 is 1.06 bits per heavy atom. The molecule has 2 aromatic carbocycles. The van der Waals surface area contributed by atoms with Gasteiger partial charge in [0.25, 0.3) is 22.4 Å². The van der Waals surface area contributed by atoms with Gasteiger partial charge in [-0.2, -0.15) is 5.10 Å². The number of anilines is 2. The van der Waals surface area contributed by atoms with Crippen molar-refractivity contribution in [3.63, 3.8) is 0 Å². The van der Waals surface area contributed by atoms with E-state index in [9.17, 15) is 22.0 Å². The molecule has 9 nitrogen and oxygen atoms in total. The largest absolute Gasteiger partial charge is 0.322 e. The zero-order valence-corrected chi connectivity index (χ0v) is 19.8. The average molecular weight is 527 g/mol. The Morgan fingerprint density at radius 3 is 2.47 bits per heavy atom. The molecule has 2 N–H and O–H groups in total. The highest BCUT2D eigenvalue weighted by molar-refractivity contribution is 7.93. The molecule has 3 heterocycles. The predicted molar refractivity (Wildman–Crippen MR) is 131 cm³/mol. The molecule has 0 bridgehead atoms. The van der Waals surface area contributed by atoms with E-state index in [1.165, 1.54) is 36.5 Å². The third-order valence-electron chi connectivity index (χ3n) is 5.11. The number of halogens is 2. The molecule has 1 amide bonds. The van der Waals surface area contributed by atoms with Crippen LogP contribution in [0, 0.1) is 0 Å². The van der Waals surface area contributed by atoms with Crippen LogP contribution >= 0.6 is 11.3 Å². The maximum atomic E-state index is 13.8. The third kappa shape index (κ3) is 4.65. The smallest absolute Gasteiger partial charge is 0.280 e. The third-order valence-corrected chi connectivity index (χ3v) is 7.29. The van der Waals surface area contributed by atoms with E-state index in [4.69, 9.17) is 0 Å². The number of nitrogens with one attached hydrogen (secondary N) is 2. The van der Waals surface area contributed by atoms with Crippen LogP contribution in [-0.2, 0) is 10.0 Å². The molecule has 182 valence electrons. The average Bonchev–Trinajstić information content (AvgIpc) is 3.53. The fourth-order valence-corrected chi connectivity index (χ4v) is 5.21. The first-order valence-electron chi connectivity index (χ1n) is 10.4. The summed E-state index contributed by atoms with van der Waals surface area (Å²) in [6.07, 6.45) is -0.209. The van der Waals surface area contributed by atoms with Gasteiger partial charge < -0.3 is 5.32 Å². The molecule has 0 aliphatic rings. The normalized spacial score (nSPS) is 11.6. The maximum absolute atomic E-state index is 13.8. The van der Waals surface area contributed by atoms with Gasteiger partial charge in [0.15, 0.2) is 10.8 Å².